The quantitative estimate of drug-likeness (QED) is 0.681. The van der Waals surface area contributed by atoms with Crippen LogP contribution in [0.15, 0.2) is 22.7 Å². The van der Waals surface area contributed by atoms with Gasteiger partial charge in [-0.05, 0) is 34.3 Å². The van der Waals surface area contributed by atoms with E-state index in [-0.39, 0.29) is 28.6 Å². The van der Waals surface area contributed by atoms with Crippen LogP contribution in [0.4, 0.5) is 5.69 Å². The summed E-state index contributed by atoms with van der Waals surface area (Å²) in [7, 11) is 0. The Kier molecular flexibility index (Phi) is 4.68. The molecule has 0 bridgehead atoms. The lowest BCUT2D eigenvalue weighted by Crippen LogP contribution is -2.41. The van der Waals surface area contributed by atoms with E-state index in [4.69, 9.17) is 0 Å². The number of hydrogen-bond acceptors (Lipinski definition) is 3. The van der Waals surface area contributed by atoms with Crippen LogP contribution in [0.3, 0.4) is 0 Å². The second kappa shape index (κ2) is 5.69. The molecule has 1 amide bonds. The van der Waals surface area contributed by atoms with Crippen molar-refractivity contribution in [3.63, 3.8) is 0 Å². The Morgan fingerprint density at radius 2 is 2.00 bits per heavy atom. The van der Waals surface area contributed by atoms with Gasteiger partial charge in [-0.1, -0.05) is 20.8 Å². The third-order valence-electron chi connectivity index (χ3n) is 3.05. The van der Waals surface area contributed by atoms with Gasteiger partial charge in [0.2, 0.25) is 0 Å². The van der Waals surface area contributed by atoms with Gasteiger partial charge in [-0.25, -0.2) is 0 Å². The van der Waals surface area contributed by atoms with Crippen LogP contribution in [0.5, 0.6) is 0 Å². The highest BCUT2D eigenvalue weighted by molar-refractivity contribution is 9.10. The van der Waals surface area contributed by atoms with Gasteiger partial charge in [0.1, 0.15) is 0 Å². The number of carbonyl (C=O) groups is 1. The molecule has 1 N–H and O–H groups in total. The first-order valence-electron chi connectivity index (χ1n) is 5.87. The fraction of sp³-hybridized carbons (Fsp3) is 0.462. The molecule has 1 atom stereocenters. The molecule has 0 unspecified atom stereocenters. The third-order valence-corrected chi connectivity index (χ3v) is 3.74. The second-order valence-electron chi connectivity index (χ2n) is 5.48. The van der Waals surface area contributed by atoms with Crippen molar-refractivity contribution in [3.05, 3.63) is 38.3 Å². The Labute approximate surface area is 120 Å². The molecule has 1 aromatic carbocycles. The summed E-state index contributed by atoms with van der Waals surface area (Å²) in [6, 6.07) is 4.09. The van der Waals surface area contributed by atoms with Gasteiger partial charge >= 0.3 is 0 Å². The Bertz CT molecular complexity index is 509. The Balaban J connectivity index is 3.00. The monoisotopic (exact) mass is 328 g/mol. The fourth-order valence-corrected chi connectivity index (χ4v) is 1.72. The van der Waals surface area contributed by atoms with Crippen molar-refractivity contribution < 1.29 is 9.72 Å². The van der Waals surface area contributed by atoms with Gasteiger partial charge in [0, 0.05) is 22.6 Å². The molecule has 104 valence electrons. The highest BCUT2D eigenvalue weighted by atomic mass is 79.9. The fourth-order valence-electron chi connectivity index (χ4n) is 1.29. The third kappa shape index (κ3) is 4.02. The summed E-state index contributed by atoms with van der Waals surface area (Å²) in [4.78, 5) is 22.3. The summed E-state index contributed by atoms with van der Waals surface area (Å²) in [5.74, 6) is -0.321. The van der Waals surface area contributed by atoms with Crippen molar-refractivity contribution in [3.8, 4) is 0 Å². The van der Waals surface area contributed by atoms with Crippen LogP contribution in [0.25, 0.3) is 0 Å². The van der Waals surface area contributed by atoms with Gasteiger partial charge in [-0.3, -0.25) is 14.9 Å². The molecule has 19 heavy (non-hydrogen) atoms. The minimum absolute atomic E-state index is 0.0498. The van der Waals surface area contributed by atoms with E-state index in [0.29, 0.717) is 4.47 Å². The number of nitro groups is 1. The Morgan fingerprint density at radius 3 is 2.47 bits per heavy atom. The summed E-state index contributed by atoms with van der Waals surface area (Å²) in [6.45, 7) is 7.95. The number of hydrogen-bond donors (Lipinski definition) is 1. The van der Waals surface area contributed by atoms with E-state index in [9.17, 15) is 14.9 Å². The molecule has 1 rings (SSSR count). The smallest absolute Gasteiger partial charge is 0.270 e. The first kappa shape index (κ1) is 15.6. The van der Waals surface area contributed by atoms with Crippen LogP contribution in [0.1, 0.15) is 38.1 Å². The van der Waals surface area contributed by atoms with Crippen LogP contribution in [-0.4, -0.2) is 16.9 Å². The first-order chi connectivity index (χ1) is 8.62. The van der Waals surface area contributed by atoms with Crippen molar-refractivity contribution in [2.45, 2.75) is 33.7 Å². The van der Waals surface area contributed by atoms with E-state index < -0.39 is 4.92 Å². The summed E-state index contributed by atoms with van der Waals surface area (Å²) in [5, 5.41) is 13.6. The van der Waals surface area contributed by atoms with Gasteiger partial charge < -0.3 is 5.32 Å². The molecule has 0 aromatic heterocycles. The highest BCUT2D eigenvalue weighted by Gasteiger charge is 2.23. The van der Waals surface area contributed by atoms with Gasteiger partial charge in [0.05, 0.1) is 10.5 Å². The maximum Gasteiger partial charge on any atom is 0.270 e. The van der Waals surface area contributed by atoms with E-state index in [2.05, 4.69) is 21.2 Å². The van der Waals surface area contributed by atoms with Crippen molar-refractivity contribution >= 4 is 27.5 Å². The van der Waals surface area contributed by atoms with Crippen molar-refractivity contribution in [2.75, 3.05) is 0 Å². The van der Waals surface area contributed by atoms with E-state index in [1.54, 1.807) is 0 Å². The van der Waals surface area contributed by atoms with Crippen molar-refractivity contribution in [1.29, 1.82) is 0 Å². The van der Waals surface area contributed by atoms with Crippen molar-refractivity contribution in [2.24, 2.45) is 5.41 Å². The summed E-state index contributed by atoms with van der Waals surface area (Å²) >= 11 is 3.24. The van der Waals surface area contributed by atoms with Gasteiger partial charge in [-0.2, -0.15) is 0 Å². The lowest BCUT2D eigenvalue weighted by Gasteiger charge is -2.28. The lowest BCUT2D eigenvalue weighted by molar-refractivity contribution is -0.384. The topological polar surface area (TPSA) is 72.2 Å². The largest absolute Gasteiger partial charge is 0.349 e. The first-order valence-corrected chi connectivity index (χ1v) is 6.67. The van der Waals surface area contributed by atoms with Crippen LogP contribution in [0.2, 0.25) is 0 Å². The van der Waals surface area contributed by atoms with E-state index >= 15 is 0 Å². The molecule has 0 fully saturated rings. The number of carbonyl (C=O) groups excluding carboxylic acids is 1. The standard InChI is InChI=1S/C13H17BrN2O3/c1-8(13(2,3)4)15-12(17)10-7-9(16(18)19)5-6-11(10)14/h5-8H,1-4H3,(H,15,17)/t8-/m0/s1. The second-order valence-corrected chi connectivity index (χ2v) is 6.34. The normalized spacial score (nSPS) is 12.9. The van der Waals surface area contributed by atoms with Crippen LogP contribution in [0, 0.1) is 15.5 Å². The van der Waals surface area contributed by atoms with Gasteiger partial charge in [0.25, 0.3) is 11.6 Å². The molecular formula is C13H17BrN2O3. The Morgan fingerprint density at radius 1 is 1.42 bits per heavy atom. The minimum atomic E-state index is -0.517. The molecule has 0 aliphatic heterocycles. The number of nitro benzene ring substituents is 1. The number of benzene rings is 1. The molecule has 0 aliphatic carbocycles. The van der Waals surface area contributed by atoms with E-state index in [1.165, 1.54) is 18.2 Å². The number of halogens is 1. The number of amides is 1. The highest BCUT2D eigenvalue weighted by Crippen LogP contribution is 2.24. The molecule has 6 heteroatoms. The molecule has 0 spiro atoms. The summed E-state index contributed by atoms with van der Waals surface area (Å²) < 4.78 is 0.539. The van der Waals surface area contributed by atoms with Gasteiger partial charge in [-0.15, -0.1) is 0 Å². The van der Waals surface area contributed by atoms with Crippen LogP contribution < -0.4 is 5.32 Å². The zero-order valence-electron chi connectivity index (χ0n) is 11.4. The molecule has 5 nitrogen and oxygen atoms in total. The molecule has 1 aromatic rings. The summed E-state index contributed by atoms with van der Waals surface area (Å²) in [5.41, 5.74) is 0.0881. The predicted molar refractivity (Wildman–Crippen MR) is 77.2 cm³/mol. The van der Waals surface area contributed by atoms with Gasteiger partial charge in [0.15, 0.2) is 0 Å². The van der Waals surface area contributed by atoms with Crippen molar-refractivity contribution in [1.82, 2.24) is 5.32 Å². The number of nitrogens with zero attached hydrogens (tertiary/aromatic N) is 1. The number of rotatable bonds is 3. The maximum absolute atomic E-state index is 12.1. The lowest BCUT2D eigenvalue weighted by atomic mass is 9.88. The van der Waals surface area contributed by atoms with E-state index in [1.807, 2.05) is 27.7 Å². The average molecular weight is 329 g/mol. The number of nitrogens with one attached hydrogen (secondary N) is 1. The number of non-ortho nitro benzene ring substituents is 1. The molecule has 0 aliphatic rings. The zero-order chi connectivity index (χ0) is 14.8. The SMILES string of the molecule is C[C@H](NC(=O)c1cc([N+](=O)[O-])ccc1Br)C(C)(C)C. The minimum Gasteiger partial charge on any atom is -0.349 e. The van der Waals surface area contributed by atoms with Crippen LogP contribution in [-0.2, 0) is 0 Å². The molecule has 0 radical (unpaired) electrons. The molecule has 0 saturated carbocycles. The summed E-state index contributed by atoms with van der Waals surface area (Å²) in [6.07, 6.45) is 0. The van der Waals surface area contributed by atoms with Crippen LogP contribution >= 0.6 is 15.9 Å². The molecule has 0 saturated heterocycles. The average Bonchev–Trinajstić information content (AvgIpc) is 2.27. The predicted octanol–water partition coefficient (Wildman–Crippen LogP) is 3.52. The zero-order valence-corrected chi connectivity index (χ0v) is 12.9. The molecular weight excluding hydrogens is 312 g/mol. The Hall–Kier alpha value is -1.43. The molecule has 0 heterocycles. The van der Waals surface area contributed by atoms with E-state index in [0.717, 1.165) is 0 Å². The maximum atomic E-state index is 12.1.